The number of piperidine rings is 1. The van der Waals surface area contributed by atoms with Gasteiger partial charge < -0.3 is 10.5 Å². The van der Waals surface area contributed by atoms with Gasteiger partial charge in [-0.05, 0) is 37.6 Å². The third-order valence-corrected chi connectivity index (χ3v) is 3.40. The molecule has 1 aromatic carbocycles. The zero-order chi connectivity index (χ0) is 13.0. The topological polar surface area (TPSA) is 38.5 Å². The minimum atomic E-state index is -0.352. The summed E-state index contributed by atoms with van der Waals surface area (Å²) in [4.78, 5) is 2.28. The summed E-state index contributed by atoms with van der Waals surface area (Å²) in [6.45, 7) is 3.34. The van der Waals surface area contributed by atoms with Gasteiger partial charge in [-0.2, -0.15) is 0 Å². The van der Waals surface area contributed by atoms with Crippen molar-refractivity contribution >= 4 is 24.0 Å². The lowest BCUT2D eigenvalue weighted by atomic mass is 10.1. The van der Waals surface area contributed by atoms with E-state index in [2.05, 4.69) is 4.90 Å². The third kappa shape index (κ3) is 5.15. The maximum Gasteiger partial charge on any atom is 0.138 e. The molecule has 0 radical (unpaired) electrons. The molecule has 0 bridgehead atoms. The van der Waals surface area contributed by atoms with E-state index >= 15 is 0 Å². The van der Waals surface area contributed by atoms with Gasteiger partial charge in [-0.25, -0.2) is 4.39 Å². The molecule has 1 aromatic rings. The number of nitrogens with two attached hydrogens (primary N) is 1. The predicted molar refractivity (Wildman–Crippen MR) is 77.8 cm³/mol. The Balaban J connectivity index is 0.00000180. The van der Waals surface area contributed by atoms with E-state index in [-0.39, 0.29) is 24.3 Å². The standard InChI is InChI=1S/C13H18ClFN2O.ClH/c14-12-8-10(15)3-4-13(12)18-7-6-17-5-1-2-11(16)9-17;/h3-4,8,11H,1-2,5-7,9,16H2;1H. The molecule has 1 saturated heterocycles. The summed E-state index contributed by atoms with van der Waals surface area (Å²) in [6.07, 6.45) is 2.24. The van der Waals surface area contributed by atoms with Gasteiger partial charge >= 0.3 is 0 Å². The van der Waals surface area contributed by atoms with E-state index in [1.165, 1.54) is 12.1 Å². The van der Waals surface area contributed by atoms with E-state index in [4.69, 9.17) is 22.1 Å². The van der Waals surface area contributed by atoms with E-state index in [9.17, 15) is 4.39 Å². The lowest BCUT2D eigenvalue weighted by Gasteiger charge is -2.30. The minimum absolute atomic E-state index is 0. The normalized spacial score (nSPS) is 19.8. The van der Waals surface area contributed by atoms with E-state index < -0.39 is 0 Å². The smallest absolute Gasteiger partial charge is 0.138 e. The van der Waals surface area contributed by atoms with Crippen LogP contribution in [0.4, 0.5) is 4.39 Å². The Bertz CT molecular complexity index is 406. The molecule has 0 aromatic heterocycles. The molecule has 0 amide bonds. The summed E-state index contributed by atoms with van der Waals surface area (Å²) >= 11 is 5.88. The summed E-state index contributed by atoms with van der Waals surface area (Å²) in [5, 5.41) is 0.311. The van der Waals surface area contributed by atoms with Crippen molar-refractivity contribution < 1.29 is 9.13 Å². The molecule has 19 heavy (non-hydrogen) atoms. The molecule has 2 rings (SSSR count). The molecule has 1 atom stereocenters. The van der Waals surface area contributed by atoms with Crippen LogP contribution in [0.3, 0.4) is 0 Å². The number of likely N-dealkylation sites (tertiary alicyclic amines) is 1. The van der Waals surface area contributed by atoms with E-state index in [1.54, 1.807) is 6.07 Å². The van der Waals surface area contributed by atoms with Crippen LogP contribution in [0.15, 0.2) is 18.2 Å². The Hall–Kier alpha value is -0.550. The van der Waals surface area contributed by atoms with Crippen LogP contribution < -0.4 is 10.5 Å². The van der Waals surface area contributed by atoms with Crippen LogP contribution in [0.1, 0.15) is 12.8 Å². The Morgan fingerprint density at radius 2 is 2.26 bits per heavy atom. The van der Waals surface area contributed by atoms with Crippen molar-refractivity contribution in [2.24, 2.45) is 5.73 Å². The van der Waals surface area contributed by atoms with Crippen molar-refractivity contribution in [2.45, 2.75) is 18.9 Å². The van der Waals surface area contributed by atoms with Gasteiger partial charge in [-0.1, -0.05) is 11.6 Å². The number of rotatable bonds is 4. The van der Waals surface area contributed by atoms with Gasteiger partial charge in [0, 0.05) is 19.1 Å². The molecular formula is C13H19Cl2FN2O. The van der Waals surface area contributed by atoms with Crippen LogP contribution >= 0.6 is 24.0 Å². The van der Waals surface area contributed by atoms with Crippen LogP contribution in [-0.4, -0.2) is 37.2 Å². The maximum absolute atomic E-state index is 12.8. The van der Waals surface area contributed by atoms with Crippen molar-refractivity contribution in [1.82, 2.24) is 4.90 Å². The lowest BCUT2D eigenvalue weighted by Crippen LogP contribution is -2.44. The number of hydrogen-bond donors (Lipinski definition) is 1. The molecule has 0 saturated carbocycles. The molecule has 0 spiro atoms. The van der Waals surface area contributed by atoms with Gasteiger partial charge in [-0.15, -0.1) is 12.4 Å². The number of hydrogen-bond acceptors (Lipinski definition) is 3. The Labute approximate surface area is 124 Å². The lowest BCUT2D eigenvalue weighted by molar-refractivity contribution is 0.171. The van der Waals surface area contributed by atoms with Gasteiger partial charge in [0.25, 0.3) is 0 Å². The van der Waals surface area contributed by atoms with E-state index in [1.807, 2.05) is 0 Å². The molecule has 1 heterocycles. The van der Waals surface area contributed by atoms with Crippen molar-refractivity contribution in [1.29, 1.82) is 0 Å². The van der Waals surface area contributed by atoms with Gasteiger partial charge in [0.1, 0.15) is 18.2 Å². The Morgan fingerprint density at radius 1 is 1.47 bits per heavy atom. The highest BCUT2D eigenvalue weighted by Crippen LogP contribution is 2.24. The predicted octanol–water partition coefficient (Wildman–Crippen LogP) is 2.70. The highest BCUT2D eigenvalue weighted by molar-refractivity contribution is 6.32. The fourth-order valence-electron chi connectivity index (χ4n) is 2.17. The number of benzene rings is 1. The first kappa shape index (κ1) is 16.5. The second-order valence-corrected chi connectivity index (χ2v) is 5.03. The first-order chi connectivity index (χ1) is 8.65. The van der Waals surface area contributed by atoms with E-state index in [0.29, 0.717) is 17.4 Å². The van der Waals surface area contributed by atoms with Crippen molar-refractivity contribution in [3.05, 3.63) is 29.0 Å². The second kappa shape index (κ2) is 7.90. The third-order valence-electron chi connectivity index (χ3n) is 3.10. The zero-order valence-electron chi connectivity index (χ0n) is 10.6. The van der Waals surface area contributed by atoms with E-state index in [0.717, 1.165) is 32.5 Å². The summed E-state index contributed by atoms with van der Waals surface area (Å²) < 4.78 is 18.4. The molecule has 108 valence electrons. The molecule has 1 aliphatic heterocycles. The van der Waals surface area contributed by atoms with Gasteiger partial charge in [0.2, 0.25) is 0 Å². The first-order valence-electron chi connectivity index (χ1n) is 6.21. The van der Waals surface area contributed by atoms with Gasteiger partial charge in [0.15, 0.2) is 0 Å². The van der Waals surface area contributed by atoms with Crippen molar-refractivity contribution in [3.8, 4) is 5.75 Å². The molecule has 2 N–H and O–H groups in total. The molecule has 1 unspecified atom stereocenters. The first-order valence-corrected chi connectivity index (χ1v) is 6.59. The van der Waals surface area contributed by atoms with Crippen LogP contribution in [0, 0.1) is 5.82 Å². The second-order valence-electron chi connectivity index (χ2n) is 4.63. The van der Waals surface area contributed by atoms with Crippen LogP contribution in [-0.2, 0) is 0 Å². The quantitative estimate of drug-likeness (QED) is 0.929. The number of halogens is 3. The molecule has 1 fully saturated rings. The summed E-state index contributed by atoms with van der Waals surface area (Å²) in [5.74, 6) is 0.175. The molecule has 1 aliphatic rings. The summed E-state index contributed by atoms with van der Waals surface area (Å²) in [5.41, 5.74) is 5.90. The minimum Gasteiger partial charge on any atom is -0.491 e. The average molecular weight is 309 g/mol. The average Bonchev–Trinajstić information content (AvgIpc) is 2.32. The molecular weight excluding hydrogens is 290 g/mol. The maximum atomic E-state index is 12.8. The zero-order valence-corrected chi connectivity index (χ0v) is 12.2. The summed E-state index contributed by atoms with van der Waals surface area (Å²) in [7, 11) is 0. The Kier molecular flexibility index (Phi) is 6.86. The molecule has 6 heteroatoms. The van der Waals surface area contributed by atoms with Crippen LogP contribution in [0.2, 0.25) is 5.02 Å². The van der Waals surface area contributed by atoms with Gasteiger partial charge in [-0.3, -0.25) is 4.90 Å². The Morgan fingerprint density at radius 3 is 2.95 bits per heavy atom. The van der Waals surface area contributed by atoms with Gasteiger partial charge in [0.05, 0.1) is 5.02 Å². The van der Waals surface area contributed by atoms with Crippen LogP contribution in [0.25, 0.3) is 0 Å². The highest BCUT2D eigenvalue weighted by atomic mass is 35.5. The largest absolute Gasteiger partial charge is 0.491 e. The van der Waals surface area contributed by atoms with Crippen LogP contribution in [0.5, 0.6) is 5.75 Å². The van der Waals surface area contributed by atoms with Crippen molar-refractivity contribution in [2.75, 3.05) is 26.2 Å². The highest BCUT2D eigenvalue weighted by Gasteiger charge is 2.16. The molecule has 0 aliphatic carbocycles. The summed E-state index contributed by atoms with van der Waals surface area (Å²) in [6, 6.07) is 4.43. The van der Waals surface area contributed by atoms with Crippen molar-refractivity contribution in [3.63, 3.8) is 0 Å². The number of ether oxygens (including phenoxy) is 1. The molecule has 3 nitrogen and oxygen atoms in total. The fourth-order valence-corrected chi connectivity index (χ4v) is 2.39. The SMILES string of the molecule is Cl.NC1CCCN(CCOc2ccc(F)cc2Cl)C1. The monoisotopic (exact) mass is 308 g/mol. The fraction of sp³-hybridized carbons (Fsp3) is 0.538. The number of nitrogens with zero attached hydrogens (tertiary/aromatic N) is 1.